The van der Waals surface area contributed by atoms with E-state index in [9.17, 15) is 14.0 Å². The van der Waals surface area contributed by atoms with Crippen molar-refractivity contribution in [3.05, 3.63) is 71.9 Å². The molecule has 5 aromatic rings. The van der Waals surface area contributed by atoms with Crippen LogP contribution in [-0.4, -0.2) is 29.7 Å². The van der Waals surface area contributed by atoms with Gasteiger partial charge in [-0.1, -0.05) is 0 Å². The maximum Gasteiger partial charge on any atom is 0.222 e. The lowest BCUT2D eigenvalue weighted by Gasteiger charge is -2.18. The summed E-state index contributed by atoms with van der Waals surface area (Å²) in [6.07, 6.45) is 4.05. The second-order valence-corrected chi connectivity index (χ2v) is 7.20. The van der Waals surface area contributed by atoms with E-state index in [1.165, 1.54) is 35.3 Å². The molecule has 1 unspecified atom stereocenters. The molecule has 0 saturated carbocycles. The summed E-state index contributed by atoms with van der Waals surface area (Å²) in [5, 5.41) is 14.9. The molecule has 2 N–H and O–H groups in total. The molecule has 0 spiro atoms. The summed E-state index contributed by atoms with van der Waals surface area (Å²) in [5.41, 5.74) is 8.35. The Morgan fingerprint density at radius 3 is 2.69 bits per heavy atom. The Balaban J connectivity index is 1.79. The van der Waals surface area contributed by atoms with Crippen molar-refractivity contribution in [1.82, 2.24) is 29.7 Å². The van der Waals surface area contributed by atoms with Crippen LogP contribution in [0.3, 0.4) is 0 Å². The predicted molar refractivity (Wildman–Crippen MR) is 113 cm³/mol. The van der Waals surface area contributed by atoms with Gasteiger partial charge in [-0.15, -0.1) is 0 Å². The first-order valence-electron chi connectivity index (χ1n) is 9.56. The number of nitrogen functional groups attached to an aromatic ring is 1. The second-order valence-electron chi connectivity index (χ2n) is 7.20. The summed E-state index contributed by atoms with van der Waals surface area (Å²) < 4.78 is 29.3. The molecule has 0 aliphatic rings. The van der Waals surface area contributed by atoms with Crippen LogP contribution in [0.5, 0.6) is 0 Å². The number of hydrogen-bond donors (Lipinski definition) is 1. The number of nitrogens with zero attached hydrogens (tertiary/aromatic N) is 7. The van der Waals surface area contributed by atoms with Crippen LogP contribution in [0.1, 0.15) is 24.4 Å². The molecule has 1 aromatic carbocycles. The van der Waals surface area contributed by atoms with Gasteiger partial charge in [0, 0.05) is 28.9 Å². The Morgan fingerprint density at radius 1 is 1.06 bits per heavy atom. The van der Waals surface area contributed by atoms with Crippen LogP contribution in [0.4, 0.5) is 14.7 Å². The van der Waals surface area contributed by atoms with Crippen LogP contribution in [-0.2, 0) is 0 Å². The van der Waals surface area contributed by atoms with Gasteiger partial charge in [0.1, 0.15) is 17.7 Å². The van der Waals surface area contributed by atoms with Gasteiger partial charge < -0.3 is 5.73 Å². The lowest BCUT2D eigenvalue weighted by atomic mass is 9.99. The standard InChI is InChI=1S/C22H14F2N8/c1-11(32-21-17(19(7-25)31-32)10-28-22(26)30-21)20-16(13-5-15(24)9-27-8-13)6-12-4-14(23)2-3-18(12)29-20/h2-6,8-11H,1H3,(H2,26,28,30). The number of rotatable bonds is 3. The van der Waals surface area contributed by atoms with Crippen LogP contribution in [0, 0.1) is 23.0 Å². The van der Waals surface area contributed by atoms with Gasteiger partial charge in [0.05, 0.1) is 28.8 Å². The van der Waals surface area contributed by atoms with Crippen molar-refractivity contribution in [3.8, 4) is 17.2 Å². The maximum atomic E-state index is 14.0. The van der Waals surface area contributed by atoms with Crippen molar-refractivity contribution < 1.29 is 8.78 Å². The summed E-state index contributed by atoms with van der Waals surface area (Å²) in [6, 6.07) is 8.79. The van der Waals surface area contributed by atoms with E-state index in [0.29, 0.717) is 38.8 Å². The van der Waals surface area contributed by atoms with Crippen LogP contribution in [0.25, 0.3) is 33.1 Å². The molecule has 0 saturated heterocycles. The maximum absolute atomic E-state index is 14.0. The largest absolute Gasteiger partial charge is 0.368 e. The average Bonchev–Trinajstić information content (AvgIpc) is 3.15. The van der Waals surface area contributed by atoms with Crippen molar-refractivity contribution in [2.45, 2.75) is 13.0 Å². The number of aromatic nitrogens is 6. The highest BCUT2D eigenvalue weighted by molar-refractivity contribution is 5.86. The van der Waals surface area contributed by atoms with E-state index in [2.05, 4.69) is 20.1 Å². The highest BCUT2D eigenvalue weighted by atomic mass is 19.1. The summed E-state index contributed by atoms with van der Waals surface area (Å²) in [7, 11) is 0. The third kappa shape index (κ3) is 3.16. The number of benzene rings is 1. The zero-order valence-corrected chi connectivity index (χ0v) is 16.7. The lowest BCUT2D eigenvalue weighted by Crippen LogP contribution is -2.13. The number of nitriles is 1. The quantitative estimate of drug-likeness (QED) is 0.464. The summed E-state index contributed by atoms with van der Waals surface area (Å²) in [4.78, 5) is 16.9. The van der Waals surface area contributed by atoms with E-state index in [0.717, 1.165) is 6.20 Å². The zero-order chi connectivity index (χ0) is 22.4. The Labute approximate surface area is 180 Å². The van der Waals surface area contributed by atoms with Gasteiger partial charge in [0.25, 0.3) is 0 Å². The first-order valence-corrected chi connectivity index (χ1v) is 9.56. The Morgan fingerprint density at radius 2 is 1.91 bits per heavy atom. The molecule has 1 atom stereocenters. The number of fused-ring (bicyclic) bond motifs is 2. The third-order valence-corrected chi connectivity index (χ3v) is 5.16. The minimum absolute atomic E-state index is 0.0341. The molecule has 0 bridgehead atoms. The number of nitrogens with two attached hydrogens (primary N) is 1. The van der Waals surface area contributed by atoms with Crippen LogP contribution >= 0.6 is 0 Å². The fourth-order valence-corrected chi connectivity index (χ4v) is 3.68. The summed E-state index contributed by atoms with van der Waals surface area (Å²) >= 11 is 0. The fraction of sp³-hybridized carbons (Fsp3) is 0.0909. The highest BCUT2D eigenvalue weighted by Gasteiger charge is 2.23. The number of anilines is 1. The minimum Gasteiger partial charge on any atom is -0.368 e. The normalized spacial score (nSPS) is 12.2. The van der Waals surface area contributed by atoms with E-state index < -0.39 is 17.7 Å². The minimum atomic E-state index is -0.540. The number of pyridine rings is 2. The van der Waals surface area contributed by atoms with Crippen molar-refractivity contribution in [1.29, 1.82) is 5.26 Å². The van der Waals surface area contributed by atoms with Crippen molar-refractivity contribution >= 4 is 27.9 Å². The average molecular weight is 428 g/mol. The van der Waals surface area contributed by atoms with E-state index >= 15 is 0 Å². The number of hydrogen-bond acceptors (Lipinski definition) is 7. The number of halogens is 2. The SMILES string of the molecule is CC(c1nc2ccc(F)cc2cc1-c1cncc(F)c1)n1nc(C#N)c2cnc(N)nc21. The molecule has 0 amide bonds. The molecule has 32 heavy (non-hydrogen) atoms. The van der Waals surface area contributed by atoms with Gasteiger partial charge in [-0.2, -0.15) is 15.3 Å². The topological polar surface area (TPSA) is 119 Å². The molecule has 4 aromatic heterocycles. The highest BCUT2D eigenvalue weighted by Crippen LogP contribution is 2.33. The Kier molecular flexibility index (Phi) is 4.44. The van der Waals surface area contributed by atoms with Gasteiger partial charge in [0.2, 0.25) is 5.95 Å². The predicted octanol–water partition coefficient (Wildman–Crippen LogP) is 3.78. The van der Waals surface area contributed by atoms with Gasteiger partial charge in [-0.25, -0.2) is 23.4 Å². The van der Waals surface area contributed by atoms with Gasteiger partial charge in [-0.3, -0.25) is 4.98 Å². The molecule has 156 valence electrons. The first-order chi connectivity index (χ1) is 15.4. The van der Waals surface area contributed by atoms with E-state index in [-0.39, 0.29) is 11.6 Å². The van der Waals surface area contributed by atoms with Crippen molar-refractivity contribution in [2.24, 2.45) is 0 Å². The van der Waals surface area contributed by atoms with Gasteiger partial charge in [0.15, 0.2) is 11.3 Å². The fourth-order valence-electron chi connectivity index (χ4n) is 3.68. The second kappa shape index (κ2) is 7.31. The summed E-state index contributed by atoms with van der Waals surface area (Å²) in [5.74, 6) is -0.892. The van der Waals surface area contributed by atoms with Crippen LogP contribution in [0.2, 0.25) is 0 Å². The molecule has 0 aliphatic heterocycles. The molecule has 0 aliphatic carbocycles. The molecule has 4 heterocycles. The molecular weight excluding hydrogens is 414 g/mol. The van der Waals surface area contributed by atoms with Crippen molar-refractivity contribution in [2.75, 3.05) is 5.73 Å². The smallest absolute Gasteiger partial charge is 0.222 e. The van der Waals surface area contributed by atoms with Crippen molar-refractivity contribution in [3.63, 3.8) is 0 Å². The van der Waals surface area contributed by atoms with Gasteiger partial charge >= 0.3 is 0 Å². The van der Waals surface area contributed by atoms with Gasteiger partial charge in [-0.05, 0) is 37.3 Å². The Bertz CT molecular complexity index is 1550. The third-order valence-electron chi connectivity index (χ3n) is 5.16. The molecule has 10 heteroatoms. The molecule has 8 nitrogen and oxygen atoms in total. The molecular formula is C22H14F2N8. The zero-order valence-electron chi connectivity index (χ0n) is 16.7. The van der Waals surface area contributed by atoms with Crippen LogP contribution < -0.4 is 5.73 Å². The Hall–Kier alpha value is -4.52. The monoisotopic (exact) mass is 428 g/mol. The van der Waals surface area contributed by atoms with Crippen LogP contribution in [0.15, 0.2) is 48.9 Å². The first kappa shape index (κ1) is 19.4. The molecule has 0 fully saturated rings. The molecule has 0 radical (unpaired) electrons. The lowest BCUT2D eigenvalue weighted by molar-refractivity contribution is 0.566. The van der Waals surface area contributed by atoms with E-state index in [4.69, 9.17) is 10.7 Å². The summed E-state index contributed by atoms with van der Waals surface area (Å²) in [6.45, 7) is 1.82. The molecule has 5 rings (SSSR count). The van der Waals surface area contributed by atoms with E-state index in [1.807, 2.05) is 13.0 Å². The van der Waals surface area contributed by atoms with E-state index in [1.54, 1.807) is 12.1 Å².